The van der Waals surface area contributed by atoms with Crippen molar-refractivity contribution in [3.8, 4) is 0 Å². The Labute approximate surface area is 127 Å². The van der Waals surface area contributed by atoms with Gasteiger partial charge in [-0.15, -0.1) is 0 Å². The maximum atomic E-state index is 2.44. The largest absolute Gasteiger partial charge is 0.0587 e. The Morgan fingerprint density at radius 1 is 0.952 bits per heavy atom. The van der Waals surface area contributed by atoms with Crippen molar-refractivity contribution in [2.75, 3.05) is 0 Å². The molecular formula is C21H22. The fraction of sp³-hybridized carbons (Fsp3) is 0.333. The quantitative estimate of drug-likeness (QED) is 0.596. The van der Waals surface area contributed by atoms with E-state index in [1.807, 2.05) is 0 Å². The van der Waals surface area contributed by atoms with Gasteiger partial charge in [0.1, 0.15) is 0 Å². The number of fused-ring (bicyclic) bond motifs is 5. The summed E-state index contributed by atoms with van der Waals surface area (Å²) in [7, 11) is 0. The molecule has 0 amide bonds. The van der Waals surface area contributed by atoms with E-state index in [0.717, 1.165) is 11.8 Å². The van der Waals surface area contributed by atoms with Crippen molar-refractivity contribution in [1.29, 1.82) is 0 Å². The average Bonchev–Trinajstić information content (AvgIpc) is 3.09. The Balaban J connectivity index is 1.67. The van der Waals surface area contributed by atoms with Crippen LogP contribution in [0.15, 0.2) is 42.5 Å². The third-order valence-corrected chi connectivity index (χ3v) is 5.31. The molecule has 2 atom stereocenters. The zero-order valence-electron chi connectivity index (χ0n) is 12.9. The number of allylic oxidation sites excluding steroid dienone is 1. The van der Waals surface area contributed by atoms with E-state index in [0.29, 0.717) is 0 Å². The third kappa shape index (κ3) is 2.23. The van der Waals surface area contributed by atoms with Gasteiger partial charge in [0.25, 0.3) is 0 Å². The summed E-state index contributed by atoms with van der Waals surface area (Å²) in [5.74, 6) is 1.71. The molecule has 2 aliphatic carbocycles. The highest BCUT2D eigenvalue weighted by atomic mass is 14.4. The van der Waals surface area contributed by atoms with E-state index in [1.165, 1.54) is 41.5 Å². The van der Waals surface area contributed by atoms with Gasteiger partial charge in [-0.3, -0.25) is 0 Å². The van der Waals surface area contributed by atoms with Crippen LogP contribution in [0.2, 0.25) is 0 Å². The second-order valence-electron chi connectivity index (χ2n) is 6.79. The van der Waals surface area contributed by atoms with E-state index in [9.17, 15) is 0 Å². The van der Waals surface area contributed by atoms with Gasteiger partial charge in [-0.1, -0.05) is 54.1 Å². The number of hydrogen-bond donors (Lipinski definition) is 0. The van der Waals surface area contributed by atoms with E-state index in [4.69, 9.17) is 0 Å². The minimum Gasteiger partial charge on any atom is -0.0587 e. The highest BCUT2D eigenvalue weighted by Crippen LogP contribution is 2.53. The molecule has 2 aliphatic rings. The SMILES string of the molecule is CC(=Cc1ccc2c(c1)[C@@H]1CC[C@@H]2C1)c1ccc(C)cc1. The van der Waals surface area contributed by atoms with Gasteiger partial charge in [0.2, 0.25) is 0 Å². The summed E-state index contributed by atoms with van der Waals surface area (Å²) < 4.78 is 0. The molecule has 0 radical (unpaired) electrons. The molecule has 4 rings (SSSR count). The Bertz CT molecular complexity index is 703. The van der Waals surface area contributed by atoms with Crippen molar-refractivity contribution in [2.24, 2.45) is 0 Å². The highest BCUT2D eigenvalue weighted by Gasteiger charge is 2.36. The van der Waals surface area contributed by atoms with Crippen LogP contribution >= 0.6 is 0 Å². The minimum absolute atomic E-state index is 0.845. The molecular weight excluding hydrogens is 252 g/mol. The Morgan fingerprint density at radius 2 is 1.67 bits per heavy atom. The van der Waals surface area contributed by atoms with Crippen molar-refractivity contribution >= 4 is 11.6 Å². The first-order valence-electron chi connectivity index (χ1n) is 8.10. The van der Waals surface area contributed by atoms with Crippen molar-refractivity contribution in [3.05, 3.63) is 70.3 Å². The molecule has 2 bridgehead atoms. The van der Waals surface area contributed by atoms with Crippen LogP contribution < -0.4 is 0 Å². The van der Waals surface area contributed by atoms with E-state index in [-0.39, 0.29) is 0 Å². The molecule has 0 heteroatoms. The van der Waals surface area contributed by atoms with Gasteiger partial charge in [-0.25, -0.2) is 0 Å². The molecule has 21 heavy (non-hydrogen) atoms. The van der Waals surface area contributed by atoms with Crippen LogP contribution in [0.3, 0.4) is 0 Å². The van der Waals surface area contributed by atoms with E-state index < -0.39 is 0 Å². The van der Waals surface area contributed by atoms with Gasteiger partial charge in [0.15, 0.2) is 0 Å². The summed E-state index contributed by atoms with van der Waals surface area (Å²) in [5, 5.41) is 0. The number of benzene rings is 2. The molecule has 1 fully saturated rings. The predicted molar refractivity (Wildman–Crippen MR) is 90.5 cm³/mol. The lowest BCUT2D eigenvalue weighted by Gasteiger charge is -2.15. The zero-order chi connectivity index (χ0) is 14.4. The van der Waals surface area contributed by atoms with E-state index in [1.54, 1.807) is 11.1 Å². The maximum Gasteiger partial charge on any atom is -0.0153 e. The predicted octanol–water partition coefficient (Wildman–Crippen LogP) is 5.92. The van der Waals surface area contributed by atoms with Crippen molar-refractivity contribution in [1.82, 2.24) is 0 Å². The van der Waals surface area contributed by atoms with Crippen LogP contribution in [0.25, 0.3) is 11.6 Å². The van der Waals surface area contributed by atoms with Gasteiger partial charge in [0.05, 0.1) is 0 Å². The molecule has 0 aliphatic heterocycles. The van der Waals surface area contributed by atoms with Crippen LogP contribution in [0.1, 0.15) is 65.8 Å². The Kier molecular flexibility index (Phi) is 2.99. The van der Waals surface area contributed by atoms with Crippen molar-refractivity contribution < 1.29 is 0 Å². The summed E-state index contributed by atoms with van der Waals surface area (Å²) in [6.45, 7) is 4.35. The first-order valence-corrected chi connectivity index (χ1v) is 8.10. The smallest absolute Gasteiger partial charge is 0.0153 e. The van der Waals surface area contributed by atoms with Gasteiger partial charge in [-0.2, -0.15) is 0 Å². The van der Waals surface area contributed by atoms with Crippen LogP contribution in [-0.2, 0) is 0 Å². The van der Waals surface area contributed by atoms with Gasteiger partial charge in [0, 0.05) is 0 Å². The minimum atomic E-state index is 0.845. The molecule has 0 saturated heterocycles. The zero-order valence-corrected chi connectivity index (χ0v) is 12.9. The summed E-state index contributed by atoms with van der Waals surface area (Å²) in [5.41, 5.74) is 8.62. The second kappa shape index (κ2) is 4.87. The fourth-order valence-corrected chi connectivity index (χ4v) is 4.10. The highest BCUT2D eigenvalue weighted by molar-refractivity contribution is 5.80. The first-order chi connectivity index (χ1) is 10.2. The van der Waals surface area contributed by atoms with Gasteiger partial charge < -0.3 is 0 Å². The summed E-state index contributed by atoms with van der Waals surface area (Å²) in [6.07, 6.45) is 6.55. The Hall–Kier alpha value is -1.82. The topological polar surface area (TPSA) is 0 Å². The lowest BCUT2D eigenvalue weighted by Crippen LogP contribution is -1.97. The standard InChI is InChI=1S/C21H22/c1-14-3-6-17(7-4-14)15(2)11-16-5-10-20-18-8-9-19(13-18)21(20)12-16/h3-7,10-12,18-19H,8-9,13H2,1-2H3/t18-,19-/m1/s1. The normalized spacial score (nSPS) is 23.4. The fourth-order valence-electron chi connectivity index (χ4n) is 4.10. The molecule has 0 aromatic heterocycles. The lowest BCUT2D eigenvalue weighted by molar-refractivity contribution is 0.717. The molecule has 2 aromatic carbocycles. The summed E-state index contributed by atoms with van der Waals surface area (Å²) >= 11 is 0. The summed E-state index contributed by atoms with van der Waals surface area (Å²) in [6, 6.07) is 15.9. The van der Waals surface area contributed by atoms with E-state index >= 15 is 0 Å². The number of hydrogen-bond acceptors (Lipinski definition) is 0. The second-order valence-corrected chi connectivity index (χ2v) is 6.79. The van der Waals surface area contributed by atoms with Crippen LogP contribution in [0, 0.1) is 6.92 Å². The van der Waals surface area contributed by atoms with Gasteiger partial charge in [-0.05, 0) is 72.8 Å². The Morgan fingerprint density at radius 3 is 2.43 bits per heavy atom. The molecule has 2 aromatic rings. The number of aryl methyl sites for hydroxylation is 1. The molecule has 0 nitrogen and oxygen atoms in total. The average molecular weight is 274 g/mol. The van der Waals surface area contributed by atoms with Crippen LogP contribution in [0.4, 0.5) is 0 Å². The van der Waals surface area contributed by atoms with Crippen molar-refractivity contribution in [3.63, 3.8) is 0 Å². The molecule has 0 heterocycles. The monoisotopic (exact) mass is 274 g/mol. The molecule has 106 valence electrons. The lowest BCUT2D eigenvalue weighted by atomic mass is 9.90. The summed E-state index contributed by atoms with van der Waals surface area (Å²) in [4.78, 5) is 0. The molecule has 0 spiro atoms. The van der Waals surface area contributed by atoms with E-state index in [2.05, 4.69) is 62.4 Å². The first kappa shape index (κ1) is 12.9. The molecule has 0 N–H and O–H groups in total. The number of rotatable bonds is 2. The maximum absolute atomic E-state index is 2.44. The molecule has 0 unspecified atom stereocenters. The van der Waals surface area contributed by atoms with Crippen LogP contribution in [-0.4, -0.2) is 0 Å². The van der Waals surface area contributed by atoms with Crippen molar-refractivity contribution in [2.45, 2.75) is 44.9 Å². The van der Waals surface area contributed by atoms with Crippen LogP contribution in [0.5, 0.6) is 0 Å². The molecule has 1 saturated carbocycles. The third-order valence-electron chi connectivity index (χ3n) is 5.31. The van der Waals surface area contributed by atoms with Gasteiger partial charge >= 0.3 is 0 Å².